The number of nitrogens with one attached hydrogen (secondary N) is 1. The molecule has 0 unspecified atom stereocenters. The minimum Gasteiger partial charge on any atom is -0.334 e. The van der Waals surface area contributed by atoms with Crippen LogP contribution in [0.25, 0.3) is 0 Å². The Hall–Kier alpha value is -0.870. The molecular formula is C15H21BrN2O. The lowest BCUT2D eigenvalue weighted by molar-refractivity contribution is -0.138. The number of hydrogen-bond donors (Lipinski definition) is 1. The van der Waals surface area contributed by atoms with E-state index in [2.05, 4.69) is 27.3 Å². The van der Waals surface area contributed by atoms with E-state index in [1.165, 1.54) is 0 Å². The standard InChI is InChI=1S/C15H21BrN2O/c1-15(2,17-3)14(19)18(12-8-9-12)10-11-6-4-5-7-13(11)16/h4-7,12,17H,8-10H2,1-3H3. The van der Waals surface area contributed by atoms with E-state index < -0.39 is 5.54 Å². The van der Waals surface area contributed by atoms with Gasteiger partial charge in [0.05, 0.1) is 5.54 Å². The summed E-state index contributed by atoms with van der Waals surface area (Å²) in [5, 5.41) is 3.10. The number of carbonyl (C=O) groups excluding carboxylic acids is 1. The zero-order valence-corrected chi connectivity index (χ0v) is 13.3. The molecular weight excluding hydrogens is 304 g/mol. The molecule has 2 rings (SSSR count). The number of halogens is 1. The fourth-order valence-electron chi connectivity index (χ4n) is 2.03. The van der Waals surface area contributed by atoms with Crippen LogP contribution < -0.4 is 5.32 Å². The van der Waals surface area contributed by atoms with Gasteiger partial charge in [0, 0.05) is 17.1 Å². The van der Waals surface area contributed by atoms with Gasteiger partial charge in [-0.05, 0) is 45.4 Å². The van der Waals surface area contributed by atoms with Gasteiger partial charge in [-0.1, -0.05) is 34.1 Å². The maximum Gasteiger partial charge on any atom is 0.242 e. The van der Waals surface area contributed by atoms with Crippen LogP contribution in [0.1, 0.15) is 32.3 Å². The second-order valence-corrected chi connectivity index (χ2v) is 6.48. The summed E-state index contributed by atoms with van der Waals surface area (Å²) in [6, 6.07) is 8.51. The Balaban J connectivity index is 2.18. The van der Waals surface area contributed by atoms with Gasteiger partial charge in [-0.25, -0.2) is 0 Å². The maximum atomic E-state index is 12.6. The van der Waals surface area contributed by atoms with Crippen molar-refractivity contribution in [1.29, 1.82) is 0 Å². The third-order valence-corrected chi connectivity index (χ3v) is 4.48. The quantitative estimate of drug-likeness (QED) is 0.903. The summed E-state index contributed by atoms with van der Waals surface area (Å²) >= 11 is 3.56. The van der Waals surface area contributed by atoms with Crippen molar-refractivity contribution in [2.75, 3.05) is 7.05 Å². The highest BCUT2D eigenvalue weighted by Gasteiger charge is 2.38. The van der Waals surface area contributed by atoms with Crippen molar-refractivity contribution in [3.05, 3.63) is 34.3 Å². The van der Waals surface area contributed by atoms with Crippen LogP contribution in [0.5, 0.6) is 0 Å². The fourth-order valence-corrected chi connectivity index (χ4v) is 2.44. The van der Waals surface area contributed by atoms with E-state index in [1.54, 1.807) is 0 Å². The van der Waals surface area contributed by atoms with Gasteiger partial charge in [0.25, 0.3) is 0 Å². The second-order valence-electron chi connectivity index (χ2n) is 5.63. The molecule has 3 nitrogen and oxygen atoms in total. The van der Waals surface area contributed by atoms with Crippen LogP contribution in [0.3, 0.4) is 0 Å². The summed E-state index contributed by atoms with van der Waals surface area (Å²) in [6.45, 7) is 4.55. The summed E-state index contributed by atoms with van der Waals surface area (Å²) in [7, 11) is 1.83. The molecule has 0 saturated heterocycles. The molecule has 1 aliphatic carbocycles. The molecule has 0 atom stereocenters. The molecule has 0 aromatic heterocycles. The first-order chi connectivity index (χ1) is 8.95. The van der Waals surface area contributed by atoms with Crippen LogP contribution in [0.4, 0.5) is 0 Å². The maximum absolute atomic E-state index is 12.6. The molecule has 1 amide bonds. The van der Waals surface area contributed by atoms with Crippen LogP contribution in [0.15, 0.2) is 28.7 Å². The Morgan fingerprint density at radius 2 is 2.05 bits per heavy atom. The lowest BCUT2D eigenvalue weighted by atomic mass is 10.0. The van der Waals surface area contributed by atoms with Crippen molar-refractivity contribution in [3.8, 4) is 0 Å². The first-order valence-corrected chi connectivity index (χ1v) is 7.48. The lowest BCUT2D eigenvalue weighted by Crippen LogP contribution is -2.53. The zero-order valence-electron chi connectivity index (χ0n) is 11.7. The summed E-state index contributed by atoms with van der Waals surface area (Å²) in [4.78, 5) is 14.7. The Labute approximate surface area is 123 Å². The average Bonchev–Trinajstić information content (AvgIpc) is 3.21. The number of carbonyl (C=O) groups is 1. The molecule has 1 saturated carbocycles. The highest BCUT2D eigenvalue weighted by Crippen LogP contribution is 2.31. The monoisotopic (exact) mass is 324 g/mol. The Bertz CT molecular complexity index is 469. The number of rotatable bonds is 5. The van der Waals surface area contributed by atoms with E-state index >= 15 is 0 Å². The van der Waals surface area contributed by atoms with Crippen LogP contribution in [0, 0.1) is 0 Å². The highest BCUT2D eigenvalue weighted by molar-refractivity contribution is 9.10. The molecule has 19 heavy (non-hydrogen) atoms. The normalized spacial score (nSPS) is 15.4. The predicted molar refractivity (Wildman–Crippen MR) is 80.9 cm³/mol. The molecule has 104 valence electrons. The van der Waals surface area contributed by atoms with Crippen LogP contribution in [0.2, 0.25) is 0 Å². The van der Waals surface area contributed by atoms with Gasteiger partial charge in [0.1, 0.15) is 0 Å². The van der Waals surface area contributed by atoms with E-state index in [1.807, 2.05) is 44.0 Å². The molecule has 0 bridgehead atoms. The molecule has 4 heteroatoms. The summed E-state index contributed by atoms with van der Waals surface area (Å²) < 4.78 is 1.07. The van der Waals surface area contributed by atoms with Gasteiger partial charge < -0.3 is 10.2 Å². The SMILES string of the molecule is CNC(C)(C)C(=O)N(Cc1ccccc1Br)C1CC1. The van der Waals surface area contributed by atoms with Crippen molar-refractivity contribution < 1.29 is 4.79 Å². The van der Waals surface area contributed by atoms with Crippen molar-refractivity contribution in [2.24, 2.45) is 0 Å². The molecule has 1 aliphatic rings. The molecule has 0 radical (unpaired) electrons. The molecule has 0 aliphatic heterocycles. The van der Waals surface area contributed by atoms with Gasteiger partial charge in [-0.3, -0.25) is 4.79 Å². The molecule has 1 aromatic rings. The Morgan fingerprint density at radius 1 is 1.42 bits per heavy atom. The largest absolute Gasteiger partial charge is 0.334 e. The second kappa shape index (κ2) is 5.63. The molecule has 1 N–H and O–H groups in total. The number of amides is 1. The van der Waals surface area contributed by atoms with E-state index in [0.29, 0.717) is 12.6 Å². The third-order valence-electron chi connectivity index (χ3n) is 3.71. The van der Waals surface area contributed by atoms with Crippen LogP contribution in [-0.2, 0) is 11.3 Å². The first-order valence-electron chi connectivity index (χ1n) is 6.69. The number of benzene rings is 1. The van der Waals surface area contributed by atoms with E-state index in [9.17, 15) is 4.79 Å². The lowest BCUT2D eigenvalue weighted by Gasteiger charge is -2.32. The molecule has 1 fully saturated rings. The minimum absolute atomic E-state index is 0.174. The van der Waals surface area contributed by atoms with E-state index in [-0.39, 0.29) is 5.91 Å². The average molecular weight is 325 g/mol. The Kier molecular flexibility index (Phi) is 4.31. The van der Waals surface area contributed by atoms with Crippen molar-refractivity contribution in [1.82, 2.24) is 10.2 Å². The minimum atomic E-state index is -0.510. The summed E-state index contributed by atoms with van der Waals surface area (Å²) in [6.07, 6.45) is 2.24. The fraction of sp³-hybridized carbons (Fsp3) is 0.533. The van der Waals surface area contributed by atoms with Crippen molar-refractivity contribution in [3.63, 3.8) is 0 Å². The van der Waals surface area contributed by atoms with Crippen LogP contribution in [-0.4, -0.2) is 29.4 Å². The van der Waals surface area contributed by atoms with Gasteiger partial charge in [0.15, 0.2) is 0 Å². The Morgan fingerprint density at radius 3 is 2.58 bits per heavy atom. The van der Waals surface area contributed by atoms with Gasteiger partial charge in [-0.2, -0.15) is 0 Å². The number of hydrogen-bond acceptors (Lipinski definition) is 2. The summed E-state index contributed by atoms with van der Waals surface area (Å²) in [5.74, 6) is 0.174. The molecule has 1 aromatic carbocycles. The van der Waals surface area contributed by atoms with Gasteiger partial charge in [-0.15, -0.1) is 0 Å². The molecule has 0 heterocycles. The van der Waals surface area contributed by atoms with Gasteiger partial charge in [0.2, 0.25) is 5.91 Å². The predicted octanol–water partition coefficient (Wildman–Crippen LogP) is 2.94. The highest BCUT2D eigenvalue weighted by atomic mass is 79.9. The van der Waals surface area contributed by atoms with E-state index in [0.717, 1.165) is 22.9 Å². The van der Waals surface area contributed by atoms with Crippen molar-refractivity contribution >= 4 is 21.8 Å². The molecule has 0 spiro atoms. The first kappa shape index (κ1) is 14.5. The smallest absolute Gasteiger partial charge is 0.242 e. The van der Waals surface area contributed by atoms with Crippen LogP contribution >= 0.6 is 15.9 Å². The third kappa shape index (κ3) is 3.37. The van der Waals surface area contributed by atoms with Gasteiger partial charge >= 0.3 is 0 Å². The number of nitrogens with zero attached hydrogens (tertiary/aromatic N) is 1. The van der Waals surface area contributed by atoms with Crippen molar-refractivity contribution in [2.45, 2.75) is 44.8 Å². The topological polar surface area (TPSA) is 32.3 Å². The van der Waals surface area contributed by atoms with E-state index in [4.69, 9.17) is 0 Å². The summed E-state index contributed by atoms with van der Waals surface area (Å²) in [5.41, 5.74) is 0.652. The zero-order chi connectivity index (χ0) is 14.0. The number of likely N-dealkylation sites (N-methyl/N-ethyl adjacent to an activating group) is 1.